The first-order valence-electron chi connectivity index (χ1n) is 6.20. The minimum atomic E-state index is -0.265. The van der Waals surface area contributed by atoms with Crippen molar-refractivity contribution < 1.29 is 8.91 Å². The van der Waals surface area contributed by atoms with E-state index in [4.69, 9.17) is 4.52 Å². The van der Waals surface area contributed by atoms with Crippen LogP contribution in [0.25, 0.3) is 11.4 Å². The lowest BCUT2D eigenvalue weighted by atomic mass is 10.2. The summed E-state index contributed by atoms with van der Waals surface area (Å²) in [5.41, 5.74) is 0.769. The fourth-order valence-electron chi connectivity index (χ4n) is 1.99. The highest BCUT2D eigenvalue weighted by Gasteiger charge is 2.15. The molecule has 0 atom stereocenters. The van der Waals surface area contributed by atoms with Crippen LogP contribution in [0.15, 0.2) is 28.8 Å². The monoisotopic (exact) mass is 279 g/mol. The Morgan fingerprint density at radius 3 is 2.68 bits per heavy atom. The van der Waals surface area contributed by atoms with E-state index in [1.807, 2.05) is 11.8 Å². The molecule has 4 nitrogen and oxygen atoms in total. The van der Waals surface area contributed by atoms with Crippen molar-refractivity contribution in [1.82, 2.24) is 15.0 Å². The molecule has 3 rings (SSSR count). The van der Waals surface area contributed by atoms with Gasteiger partial charge in [-0.05, 0) is 24.3 Å². The van der Waals surface area contributed by atoms with E-state index in [9.17, 15) is 4.39 Å². The Morgan fingerprint density at radius 2 is 1.95 bits per heavy atom. The van der Waals surface area contributed by atoms with Gasteiger partial charge in [0.25, 0.3) is 0 Å². The van der Waals surface area contributed by atoms with Crippen LogP contribution in [0, 0.1) is 5.82 Å². The molecular formula is C13H14FN3OS. The summed E-state index contributed by atoms with van der Waals surface area (Å²) in [7, 11) is 0. The van der Waals surface area contributed by atoms with Crippen LogP contribution in [0.3, 0.4) is 0 Å². The largest absolute Gasteiger partial charge is 0.338 e. The average Bonchev–Trinajstić information content (AvgIpc) is 2.89. The number of halogens is 1. The molecule has 1 aromatic carbocycles. The maximum atomic E-state index is 12.8. The van der Waals surface area contributed by atoms with E-state index in [1.54, 1.807) is 12.1 Å². The summed E-state index contributed by atoms with van der Waals surface area (Å²) in [6.45, 7) is 2.80. The fraction of sp³-hybridized carbons (Fsp3) is 0.385. The zero-order valence-electron chi connectivity index (χ0n) is 10.4. The summed E-state index contributed by atoms with van der Waals surface area (Å²) < 4.78 is 18.1. The molecule has 1 aliphatic heterocycles. The van der Waals surface area contributed by atoms with E-state index in [1.165, 1.54) is 12.1 Å². The van der Waals surface area contributed by atoms with Crippen molar-refractivity contribution in [1.29, 1.82) is 0 Å². The van der Waals surface area contributed by atoms with Crippen LogP contribution in [0.2, 0.25) is 0 Å². The molecule has 1 aromatic heterocycles. The molecule has 2 heterocycles. The van der Waals surface area contributed by atoms with Crippen molar-refractivity contribution in [3.63, 3.8) is 0 Å². The first-order valence-corrected chi connectivity index (χ1v) is 7.35. The summed E-state index contributed by atoms with van der Waals surface area (Å²) in [5.74, 6) is 3.17. The Morgan fingerprint density at radius 1 is 1.21 bits per heavy atom. The Labute approximate surface area is 115 Å². The van der Waals surface area contributed by atoms with Gasteiger partial charge in [-0.15, -0.1) is 0 Å². The Hall–Kier alpha value is -1.40. The highest BCUT2D eigenvalue weighted by atomic mass is 32.2. The molecule has 0 saturated carbocycles. The third-order valence-electron chi connectivity index (χ3n) is 3.03. The molecule has 0 spiro atoms. The highest BCUT2D eigenvalue weighted by Crippen LogP contribution is 2.17. The van der Waals surface area contributed by atoms with Gasteiger partial charge in [-0.2, -0.15) is 16.7 Å². The summed E-state index contributed by atoms with van der Waals surface area (Å²) in [4.78, 5) is 6.66. The quantitative estimate of drug-likeness (QED) is 0.863. The fourth-order valence-corrected chi connectivity index (χ4v) is 2.96. The van der Waals surface area contributed by atoms with E-state index in [-0.39, 0.29) is 5.82 Å². The van der Waals surface area contributed by atoms with Gasteiger partial charge >= 0.3 is 0 Å². The number of hydrogen-bond acceptors (Lipinski definition) is 5. The molecule has 2 aromatic rings. The van der Waals surface area contributed by atoms with Crippen LogP contribution >= 0.6 is 11.8 Å². The predicted molar refractivity (Wildman–Crippen MR) is 72.3 cm³/mol. The zero-order chi connectivity index (χ0) is 13.1. The molecule has 1 fully saturated rings. The number of rotatable bonds is 3. The van der Waals surface area contributed by atoms with Gasteiger partial charge in [-0.3, -0.25) is 4.90 Å². The lowest BCUT2D eigenvalue weighted by Gasteiger charge is -2.24. The van der Waals surface area contributed by atoms with Gasteiger partial charge in [0.05, 0.1) is 6.54 Å². The minimum absolute atomic E-state index is 0.265. The van der Waals surface area contributed by atoms with E-state index in [0.717, 1.165) is 30.2 Å². The molecule has 0 radical (unpaired) electrons. The number of thioether (sulfide) groups is 1. The van der Waals surface area contributed by atoms with E-state index < -0.39 is 0 Å². The van der Waals surface area contributed by atoms with Crippen molar-refractivity contribution >= 4 is 11.8 Å². The van der Waals surface area contributed by atoms with E-state index in [2.05, 4.69) is 15.0 Å². The standard InChI is InChI=1S/C13H14FN3OS/c14-11-3-1-10(2-4-11)13-15-12(18-16-13)9-17-5-7-19-8-6-17/h1-4H,5-9H2. The second-order valence-corrected chi connectivity index (χ2v) is 5.63. The van der Waals surface area contributed by atoms with Crippen molar-refractivity contribution in [3.05, 3.63) is 36.0 Å². The molecule has 0 aliphatic carbocycles. The van der Waals surface area contributed by atoms with Crippen LogP contribution in [-0.4, -0.2) is 39.6 Å². The number of benzene rings is 1. The third kappa shape index (κ3) is 3.13. The lowest BCUT2D eigenvalue weighted by molar-refractivity contribution is 0.245. The average molecular weight is 279 g/mol. The maximum Gasteiger partial charge on any atom is 0.241 e. The van der Waals surface area contributed by atoms with Gasteiger partial charge in [0.2, 0.25) is 11.7 Å². The zero-order valence-corrected chi connectivity index (χ0v) is 11.2. The smallest absolute Gasteiger partial charge is 0.241 e. The topological polar surface area (TPSA) is 42.2 Å². The Bertz CT molecular complexity index is 537. The second kappa shape index (κ2) is 5.71. The number of nitrogens with zero attached hydrogens (tertiary/aromatic N) is 3. The van der Waals surface area contributed by atoms with Gasteiger partial charge in [0.15, 0.2) is 0 Å². The molecular weight excluding hydrogens is 265 g/mol. The van der Waals surface area contributed by atoms with Crippen LogP contribution in [0.1, 0.15) is 5.89 Å². The first-order chi connectivity index (χ1) is 9.31. The van der Waals surface area contributed by atoms with E-state index in [0.29, 0.717) is 18.3 Å². The molecule has 0 bridgehead atoms. The van der Waals surface area contributed by atoms with Crippen molar-refractivity contribution in [2.45, 2.75) is 6.54 Å². The molecule has 0 N–H and O–H groups in total. The second-order valence-electron chi connectivity index (χ2n) is 4.41. The van der Waals surface area contributed by atoms with Gasteiger partial charge in [-0.1, -0.05) is 5.16 Å². The lowest BCUT2D eigenvalue weighted by Crippen LogP contribution is -2.32. The predicted octanol–water partition coefficient (Wildman–Crippen LogP) is 2.42. The van der Waals surface area contributed by atoms with Crippen LogP contribution in [-0.2, 0) is 6.54 Å². The SMILES string of the molecule is Fc1ccc(-c2noc(CN3CCSCC3)n2)cc1. The van der Waals surface area contributed by atoms with Crippen LogP contribution < -0.4 is 0 Å². The molecule has 0 amide bonds. The number of aromatic nitrogens is 2. The van der Waals surface area contributed by atoms with Crippen LogP contribution in [0.5, 0.6) is 0 Å². The highest BCUT2D eigenvalue weighted by molar-refractivity contribution is 7.99. The van der Waals surface area contributed by atoms with Crippen LogP contribution in [0.4, 0.5) is 4.39 Å². The summed E-state index contributed by atoms with van der Waals surface area (Å²) in [5, 5.41) is 3.94. The van der Waals surface area contributed by atoms with Crippen molar-refractivity contribution in [2.75, 3.05) is 24.6 Å². The molecule has 1 saturated heterocycles. The van der Waals surface area contributed by atoms with Crippen molar-refractivity contribution in [2.24, 2.45) is 0 Å². The minimum Gasteiger partial charge on any atom is -0.338 e. The Kier molecular flexibility index (Phi) is 3.79. The Balaban J connectivity index is 1.70. The first kappa shape index (κ1) is 12.6. The summed E-state index contributed by atoms with van der Waals surface area (Å²) in [6, 6.07) is 6.10. The van der Waals surface area contributed by atoms with Gasteiger partial charge in [-0.25, -0.2) is 4.39 Å². The summed E-state index contributed by atoms with van der Waals surface area (Å²) in [6.07, 6.45) is 0. The molecule has 19 heavy (non-hydrogen) atoms. The maximum absolute atomic E-state index is 12.8. The normalized spacial score (nSPS) is 16.7. The van der Waals surface area contributed by atoms with E-state index >= 15 is 0 Å². The molecule has 6 heteroatoms. The van der Waals surface area contributed by atoms with Gasteiger partial charge in [0.1, 0.15) is 5.82 Å². The van der Waals surface area contributed by atoms with Gasteiger partial charge < -0.3 is 4.52 Å². The number of hydrogen-bond donors (Lipinski definition) is 0. The van der Waals surface area contributed by atoms with Crippen molar-refractivity contribution in [3.8, 4) is 11.4 Å². The molecule has 1 aliphatic rings. The molecule has 0 unspecified atom stereocenters. The van der Waals surface area contributed by atoms with Gasteiger partial charge in [0, 0.05) is 30.2 Å². The third-order valence-corrected chi connectivity index (χ3v) is 3.98. The summed E-state index contributed by atoms with van der Waals surface area (Å²) >= 11 is 1.97. The molecule has 100 valence electrons.